The molecule has 1 aliphatic rings. The van der Waals surface area contributed by atoms with Gasteiger partial charge in [-0.25, -0.2) is 13.2 Å². The van der Waals surface area contributed by atoms with E-state index >= 15 is 0 Å². The summed E-state index contributed by atoms with van der Waals surface area (Å²) in [6.45, 7) is 5.66. The zero-order valence-electron chi connectivity index (χ0n) is 14.5. The second-order valence-electron chi connectivity index (χ2n) is 6.11. The van der Waals surface area contributed by atoms with Gasteiger partial charge < -0.3 is 10.1 Å². The number of aryl methyl sites for hydroxylation is 1. The molecule has 1 heterocycles. The number of nitrogens with one attached hydrogen (secondary N) is 1. The molecule has 1 fully saturated rings. The number of nitrogens with zero attached hydrogens (tertiary/aromatic N) is 1. The molecule has 1 N–H and O–H groups in total. The van der Waals surface area contributed by atoms with Crippen molar-refractivity contribution in [1.29, 1.82) is 0 Å². The number of benzene rings is 1. The molecule has 0 radical (unpaired) electrons. The van der Waals surface area contributed by atoms with Crippen LogP contribution in [-0.4, -0.2) is 52.0 Å². The quantitative estimate of drug-likeness (QED) is 0.788. The Labute approximate surface area is 144 Å². The van der Waals surface area contributed by atoms with E-state index in [-0.39, 0.29) is 17.1 Å². The number of hydrogen-bond donors (Lipinski definition) is 1. The highest BCUT2D eigenvalue weighted by atomic mass is 32.2. The Kier molecular flexibility index (Phi) is 6.37. The Morgan fingerprint density at radius 3 is 2.58 bits per heavy atom. The van der Waals surface area contributed by atoms with E-state index in [0.29, 0.717) is 24.6 Å². The number of sulfonamides is 1. The molecule has 1 aromatic rings. The van der Waals surface area contributed by atoms with Gasteiger partial charge in [-0.2, -0.15) is 4.31 Å². The van der Waals surface area contributed by atoms with Gasteiger partial charge in [-0.05, 0) is 63.9 Å². The fourth-order valence-corrected chi connectivity index (χ4v) is 4.72. The number of hydrogen-bond acceptors (Lipinski definition) is 5. The van der Waals surface area contributed by atoms with Crippen LogP contribution in [0.1, 0.15) is 35.7 Å². The molecule has 1 aromatic carbocycles. The third-order valence-corrected chi connectivity index (χ3v) is 6.42. The number of carbonyl (C=O) groups is 1. The van der Waals surface area contributed by atoms with Gasteiger partial charge in [0.25, 0.3) is 0 Å². The lowest BCUT2D eigenvalue weighted by Gasteiger charge is -2.31. The molecule has 0 atom stereocenters. The van der Waals surface area contributed by atoms with E-state index in [4.69, 9.17) is 4.74 Å². The average molecular weight is 354 g/mol. The maximum Gasteiger partial charge on any atom is 0.338 e. The van der Waals surface area contributed by atoms with Crippen molar-refractivity contribution in [3.05, 3.63) is 29.3 Å². The third kappa shape index (κ3) is 4.15. The van der Waals surface area contributed by atoms with Crippen LogP contribution in [0.2, 0.25) is 0 Å². The summed E-state index contributed by atoms with van der Waals surface area (Å²) in [6.07, 6.45) is 1.69. The first kappa shape index (κ1) is 18.9. The van der Waals surface area contributed by atoms with Crippen LogP contribution in [0, 0.1) is 12.8 Å². The minimum Gasteiger partial charge on any atom is -0.462 e. The molecule has 0 saturated carbocycles. The first-order chi connectivity index (χ1) is 11.4. The highest BCUT2D eigenvalue weighted by molar-refractivity contribution is 7.89. The number of carbonyl (C=O) groups excluding carboxylic acids is 1. The molecular formula is C17H26N2O4S. The monoisotopic (exact) mass is 354 g/mol. The molecule has 24 heavy (non-hydrogen) atoms. The molecule has 134 valence electrons. The average Bonchev–Trinajstić information content (AvgIpc) is 2.56. The highest BCUT2D eigenvalue weighted by Crippen LogP contribution is 2.26. The molecule has 0 aromatic heterocycles. The lowest BCUT2D eigenvalue weighted by Crippen LogP contribution is -2.40. The number of ether oxygens (including phenoxy) is 1. The van der Waals surface area contributed by atoms with Gasteiger partial charge >= 0.3 is 5.97 Å². The van der Waals surface area contributed by atoms with Crippen molar-refractivity contribution in [3.8, 4) is 0 Å². The van der Waals surface area contributed by atoms with E-state index in [0.717, 1.165) is 19.4 Å². The van der Waals surface area contributed by atoms with Gasteiger partial charge in [0.05, 0.1) is 17.1 Å². The largest absolute Gasteiger partial charge is 0.462 e. The van der Waals surface area contributed by atoms with E-state index in [9.17, 15) is 13.2 Å². The Bertz CT molecular complexity index is 680. The van der Waals surface area contributed by atoms with Gasteiger partial charge in [-0.15, -0.1) is 0 Å². The Morgan fingerprint density at radius 1 is 1.33 bits per heavy atom. The fraction of sp³-hybridized carbons (Fsp3) is 0.588. The predicted molar refractivity (Wildman–Crippen MR) is 92.5 cm³/mol. The van der Waals surface area contributed by atoms with Crippen molar-refractivity contribution < 1.29 is 17.9 Å². The van der Waals surface area contributed by atoms with Gasteiger partial charge in [0.1, 0.15) is 0 Å². The second kappa shape index (κ2) is 8.09. The molecule has 0 spiro atoms. The molecule has 7 heteroatoms. The first-order valence-electron chi connectivity index (χ1n) is 8.32. The summed E-state index contributed by atoms with van der Waals surface area (Å²) in [6, 6.07) is 4.70. The molecule has 0 amide bonds. The van der Waals surface area contributed by atoms with Crippen molar-refractivity contribution in [2.45, 2.75) is 31.6 Å². The molecule has 6 nitrogen and oxygen atoms in total. The van der Waals surface area contributed by atoms with Gasteiger partial charge in [0.2, 0.25) is 10.0 Å². The number of rotatable bonds is 6. The lowest BCUT2D eigenvalue weighted by molar-refractivity contribution is 0.0526. The zero-order valence-corrected chi connectivity index (χ0v) is 15.4. The van der Waals surface area contributed by atoms with Gasteiger partial charge in [0.15, 0.2) is 0 Å². The van der Waals surface area contributed by atoms with Gasteiger partial charge in [-0.1, -0.05) is 6.07 Å². The van der Waals surface area contributed by atoms with Gasteiger partial charge in [0, 0.05) is 13.1 Å². The van der Waals surface area contributed by atoms with Crippen LogP contribution in [0.15, 0.2) is 23.1 Å². The summed E-state index contributed by atoms with van der Waals surface area (Å²) < 4.78 is 32.4. The summed E-state index contributed by atoms with van der Waals surface area (Å²) >= 11 is 0. The zero-order chi connectivity index (χ0) is 17.7. The third-order valence-electron chi connectivity index (χ3n) is 4.38. The summed E-state index contributed by atoms with van der Waals surface area (Å²) in [5, 5.41) is 3.14. The maximum absolute atomic E-state index is 13.0. The van der Waals surface area contributed by atoms with E-state index in [1.807, 2.05) is 7.05 Å². The van der Waals surface area contributed by atoms with Crippen molar-refractivity contribution in [2.24, 2.45) is 5.92 Å². The van der Waals surface area contributed by atoms with Crippen LogP contribution < -0.4 is 5.32 Å². The smallest absolute Gasteiger partial charge is 0.338 e. The Morgan fingerprint density at radius 2 is 2.00 bits per heavy atom. The second-order valence-corrected chi connectivity index (χ2v) is 8.01. The van der Waals surface area contributed by atoms with E-state index in [2.05, 4.69) is 5.32 Å². The maximum atomic E-state index is 13.0. The standard InChI is InChI=1S/C17H26N2O4S/c1-4-23-17(20)15-6-5-13(2)16(11-15)24(21,22)19-9-7-14(8-10-19)12-18-3/h5-6,11,14,18H,4,7-10,12H2,1-3H3. The van der Waals surface area contributed by atoms with Crippen molar-refractivity contribution in [3.63, 3.8) is 0 Å². The highest BCUT2D eigenvalue weighted by Gasteiger charge is 2.30. The minimum atomic E-state index is -3.60. The molecule has 1 saturated heterocycles. The van der Waals surface area contributed by atoms with Crippen LogP contribution in [0.4, 0.5) is 0 Å². The Balaban J connectivity index is 2.23. The molecular weight excluding hydrogens is 328 g/mol. The van der Waals surface area contributed by atoms with Crippen molar-refractivity contribution in [2.75, 3.05) is 33.3 Å². The van der Waals surface area contributed by atoms with Crippen LogP contribution in [0.3, 0.4) is 0 Å². The normalized spacial score (nSPS) is 17.0. The van der Waals surface area contributed by atoms with Crippen LogP contribution in [0.5, 0.6) is 0 Å². The molecule has 2 rings (SSSR count). The number of piperidine rings is 1. The Hall–Kier alpha value is -1.44. The SMILES string of the molecule is CCOC(=O)c1ccc(C)c(S(=O)(=O)N2CCC(CNC)CC2)c1. The fourth-order valence-electron chi connectivity index (χ4n) is 3.00. The lowest BCUT2D eigenvalue weighted by atomic mass is 9.98. The minimum absolute atomic E-state index is 0.195. The molecule has 0 aliphatic carbocycles. The van der Waals surface area contributed by atoms with Crippen LogP contribution in [0.25, 0.3) is 0 Å². The summed E-state index contributed by atoms with van der Waals surface area (Å²) in [5.74, 6) is 0.00934. The van der Waals surface area contributed by atoms with E-state index < -0.39 is 16.0 Å². The first-order valence-corrected chi connectivity index (χ1v) is 9.76. The summed E-state index contributed by atoms with van der Waals surface area (Å²) in [5.41, 5.74) is 0.909. The molecule has 0 bridgehead atoms. The predicted octanol–water partition coefficient (Wildman–Crippen LogP) is 1.79. The molecule has 0 unspecified atom stereocenters. The summed E-state index contributed by atoms with van der Waals surface area (Å²) in [4.78, 5) is 12.1. The topological polar surface area (TPSA) is 75.7 Å². The van der Waals surface area contributed by atoms with Crippen molar-refractivity contribution in [1.82, 2.24) is 9.62 Å². The van der Waals surface area contributed by atoms with Gasteiger partial charge in [-0.3, -0.25) is 0 Å². The van der Waals surface area contributed by atoms with Crippen LogP contribution in [-0.2, 0) is 14.8 Å². The van der Waals surface area contributed by atoms with Crippen molar-refractivity contribution >= 4 is 16.0 Å². The molecule has 1 aliphatic heterocycles. The van der Waals surface area contributed by atoms with E-state index in [1.165, 1.54) is 10.4 Å². The number of esters is 1. The summed E-state index contributed by atoms with van der Waals surface area (Å²) in [7, 11) is -1.69. The van der Waals surface area contributed by atoms with E-state index in [1.54, 1.807) is 26.0 Å². The van der Waals surface area contributed by atoms with Crippen LogP contribution >= 0.6 is 0 Å².